The smallest absolute Gasteiger partial charge is 0.356 e. The number of carbonyl (C=O) groups excluding carboxylic acids is 2. The number of rotatable bonds is 5. The molecule has 20 heavy (non-hydrogen) atoms. The minimum atomic E-state index is -0.534. The molecule has 0 saturated carbocycles. The number of nitrogens with one attached hydrogen (secondary N) is 1. The van der Waals surface area contributed by atoms with Gasteiger partial charge in [-0.15, -0.1) is 0 Å². The molecule has 2 aromatic rings. The Morgan fingerprint density at radius 2 is 1.95 bits per heavy atom. The molecular formula is C14H14N2O4. The fourth-order valence-corrected chi connectivity index (χ4v) is 1.64. The van der Waals surface area contributed by atoms with Gasteiger partial charge in [-0.25, -0.2) is 4.79 Å². The van der Waals surface area contributed by atoms with Crippen molar-refractivity contribution in [3.63, 3.8) is 0 Å². The highest BCUT2D eigenvalue weighted by molar-refractivity contribution is 6.08. The van der Waals surface area contributed by atoms with Crippen LogP contribution in [0.5, 0.6) is 5.75 Å². The van der Waals surface area contributed by atoms with Gasteiger partial charge in [-0.1, -0.05) is 0 Å². The van der Waals surface area contributed by atoms with E-state index in [1.807, 2.05) is 0 Å². The van der Waals surface area contributed by atoms with E-state index in [1.165, 1.54) is 6.07 Å². The summed E-state index contributed by atoms with van der Waals surface area (Å²) in [6.07, 6.45) is 0. The van der Waals surface area contributed by atoms with Crippen molar-refractivity contribution in [2.75, 3.05) is 13.7 Å². The lowest BCUT2D eigenvalue weighted by atomic mass is 10.1. The topological polar surface area (TPSA) is 81.3 Å². The van der Waals surface area contributed by atoms with Gasteiger partial charge in [-0.2, -0.15) is 5.10 Å². The lowest BCUT2D eigenvalue weighted by Gasteiger charge is -2.00. The molecule has 6 nitrogen and oxygen atoms in total. The van der Waals surface area contributed by atoms with Crippen LogP contribution in [0.2, 0.25) is 0 Å². The number of hydrogen-bond donors (Lipinski definition) is 1. The molecule has 1 aromatic heterocycles. The van der Waals surface area contributed by atoms with E-state index in [0.717, 1.165) is 0 Å². The number of carbonyl (C=O) groups is 2. The van der Waals surface area contributed by atoms with E-state index in [9.17, 15) is 9.59 Å². The summed E-state index contributed by atoms with van der Waals surface area (Å²) < 4.78 is 9.84. The predicted molar refractivity (Wildman–Crippen MR) is 71.0 cm³/mol. The van der Waals surface area contributed by atoms with Crippen molar-refractivity contribution >= 4 is 11.8 Å². The summed E-state index contributed by atoms with van der Waals surface area (Å²) in [5.74, 6) is -0.149. The second-order valence-corrected chi connectivity index (χ2v) is 3.94. The van der Waals surface area contributed by atoms with Crippen molar-refractivity contribution in [1.82, 2.24) is 10.2 Å². The summed E-state index contributed by atoms with van der Waals surface area (Å²) in [5, 5.41) is 6.33. The van der Waals surface area contributed by atoms with Gasteiger partial charge in [-0.3, -0.25) is 9.89 Å². The van der Waals surface area contributed by atoms with Crippen LogP contribution in [0, 0.1) is 0 Å². The molecule has 0 fully saturated rings. The standard InChI is InChI=1S/C14H14N2O4/c1-3-20-14(18)12-8-11(15-16-12)13(17)9-4-6-10(19-2)7-5-9/h4-8H,3H2,1-2H3,(H,15,16). The summed E-state index contributed by atoms with van der Waals surface area (Å²) in [7, 11) is 1.55. The van der Waals surface area contributed by atoms with Crippen LogP contribution in [-0.4, -0.2) is 35.7 Å². The number of ketones is 1. The molecule has 0 atom stereocenters. The third-order valence-corrected chi connectivity index (χ3v) is 2.66. The van der Waals surface area contributed by atoms with Crippen molar-refractivity contribution in [2.45, 2.75) is 6.92 Å². The van der Waals surface area contributed by atoms with Crippen molar-refractivity contribution in [2.24, 2.45) is 0 Å². The maximum atomic E-state index is 12.2. The van der Waals surface area contributed by atoms with Crippen LogP contribution >= 0.6 is 0 Å². The van der Waals surface area contributed by atoms with Gasteiger partial charge >= 0.3 is 5.97 Å². The fraction of sp³-hybridized carbons (Fsp3) is 0.214. The van der Waals surface area contributed by atoms with Gasteiger partial charge < -0.3 is 9.47 Å². The molecular weight excluding hydrogens is 260 g/mol. The van der Waals surface area contributed by atoms with Crippen molar-refractivity contribution in [3.8, 4) is 5.75 Å². The number of hydrogen-bond acceptors (Lipinski definition) is 5. The third kappa shape index (κ3) is 2.85. The minimum Gasteiger partial charge on any atom is -0.497 e. The van der Waals surface area contributed by atoms with E-state index in [-0.39, 0.29) is 23.8 Å². The zero-order chi connectivity index (χ0) is 14.5. The SMILES string of the molecule is CCOC(=O)c1cc(C(=O)c2ccc(OC)cc2)n[nH]1. The van der Waals surface area contributed by atoms with E-state index in [4.69, 9.17) is 9.47 Å². The molecule has 0 aliphatic carbocycles. The van der Waals surface area contributed by atoms with Crippen molar-refractivity contribution in [1.29, 1.82) is 0 Å². The monoisotopic (exact) mass is 274 g/mol. The molecule has 0 aliphatic heterocycles. The largest absolute Gasteiger partial charge is 0.497 e. The number of aromatic amines is 1. The normalized spacial score (nSPS) is 10.1. The van der Waals surface area contributed by atoms with Gasteiger partial charge in [0.2, 0.25) is 5.78 Å². The van der Waals surface area contributed by atoms with Gasteiger partial charge in [-0.05, 0) is 31.2 Å². The Balaban J connectivity index is 2.18. The molecule has 0 amide bonds. The average molecular weight is 274 g/mol. The highest BCUT2D eigenvalue weighted by atomic mass is 16.5. The van der Waals surface area contributed by atoms with E-state index >= 15 is 0 Å². The van der Waals surface area contributed by atoms with Crippen LogP contribution < -0.4 is 4.74 Å². The molecule has 0 aliphatic rings. The van der Waals surface area contributed by atoms with Gasteiger partial charge in [0.15, 0.2) is 0 Å². The Morgan fingerprint density at radius 1 is 1.25 bits per heavy atom. The van der Waals surface area contributed by atoms with E-state index in [1.54, 1.807) is 38.3 Å². The Morgan fingerprint density at radius 3 is 2.55 bits per heavy atom. The van der Waals surface area contributed by atoms with Gasteiger partial charge in [0.25, 0.3) is 0 Å². The lowest BCUT2D eigenvalue weighted by Crippen LogP contribution is -2.04. The lowest BCUT2D eigenvalue weighted by molar-refractivity contribution is 0.0519. The summed E-state index contributed by atoms with van der Waals surface area (Å²) in [6.45, 7) is 1.97. The number of H-pyrrole nitrogens is 1. The van der Waals surface area contributed by atoms with Crippen LogP contribution in [0.15, 0.2) is 30.3 Å². The first-order chi connectivity index (χ1) is 9.65. The van der Waals surface area contributed by atoms with E-state index in [0.29, 0.717) is 11.3 Å². The molecule has 0 unspecified atom stereocenters. The molecule has 6 heteroatoms. The molecule has 0 radical (unpaired) electrons. The van der Waals surface area contributed by atoms with Crippen LogP contribution in [0.4, 0.5) is 0 Å². The minimum absolute atomic E-state index is 0.156. The quantitative estimate of drug-likeness (QED) is 0.664. The van der Waals surface area contributed by atoms with Gasteiger partial charge in [0.05, 0.1) is 13.7 Å². The molecule has 2 rings (SSSR count). The van der Waals surface area contributed by atoms with Crippen LogP contribution in [-0.2, 0) is 4.74 Å². The number of esters is 1. The number of ether oxygens (including phenoxy) is 2. The van der Waals surface area contributed by atoms with Crippen LogP contribution in [0.3, 0.4) is 0 Å². The number of benzene rings is 1. The van der Waals surface area contributed by atoms with Crippen LogP contribution in [0.25, 0.3) is 0 Å². The summed E-state index contributed by atoms with van der Waals surface area (Å²) >= 11 is 0. The highest BCUT2D eigenvalue weighted by Gasteiger charge is 2.16. The molecule has 0 spiro atoms. The number of methoxy groups -OCH3 is 1. The predicted octanol–water partition coefficient (Wildman–Crippen LogP) is 1.83. The first-order valence-electron chi connectivity index (χ1n) is 6.07. The Bertz CT molecular complexity index is 616. The highest BCUT2D eigenvalue weighted by Crippen LogP contribution is 2.14. The average Bonchev–Trinajstić information content (AvgIpc) is 2.97. The summed E-state index contributed by atoms with van der Waals surface area (Å²) in [5.41, 5.74) is 0.787. The van der Waals surface area contributed by atoms with Crippen molar-refractivity contribution < 1.29 is 19.1 Å². The second kappa shape index (κ2) is 6.01. The van der Waals surface area contributed by atoms with Crippen LogP contribution in [0.1, 0.15) is 33.5 Å². The molecule has 0 saturated heterocycles. The zero-order valence-electron chi connectivity index (χ0n) is 11.2. The van der Waals surface area contributed by atoms with Gasteiger partial charge in [0.1, 0.15) is 17.1 Å². The first kappa shape index (κ1) is 13.8. The molecule has 1 N–H and O–H groups in total. The summed E-state index contributed by atoms with van der Waals surface area (Å²) in [6, 6.07) is 8.03. The Kier molecular flexibility index (Phi) is 4.14. The van der Waals surface area contributed by atoms with E-state index in [2.05, 4.69) is 10.2 Å². The number of aromatic nitrogens is 2. The third-order valence-electron chi connectivity index (χ3n) is 2.66. The first-order valence-corrected chi connectivity index (χ1v) is 6.07. The molecule has 0 bridgehead atoms. The molecule has 104 valence electrons. The Hall–Kier alpha value is -2.63. The fourth-order valence-electron chi connectivity index (χ4n) is 1.64. The van der Waals surface area contributed by atoms with Crippen molar-refractivity contribution in [3.05, 3.63) is 47.3 Å². The maximum absolute atomic E-state index is 12.2. The van der Waals surface area contributed by atoms with E-state index < -0.39 is 5.97 Å². The maximum Gasteiger partial charge on any atom is 0.356 e. The molecule has 1 heterocycles. The zero-order valence-corrected chi connectivity index (χ0v) is 11.2. The van der Waals surface area contributed by atoms with Gasteiger partial charge in [0, 0.05) is 11.6 Å². The second-order valence-electron chi connectivity index (χ2n) is 3.94. The molecule has 1 aromatic carbocycles. The summed E-state index contributed by atoms with van der Waals surface area (Å²) in [4.78, 5) is 23.6. The Labute approximate surface area is 115 Å². The number of nitrogens with zero attached hydrogens (tertiary/aromatic N) is 1.